The maximum Gasteiger partial charge on any atom is 0.265 e. The molecule has 0 spiro atoms. The zero-order valence-electron chi connectivity index (χ0n) is 8.43. The summed E-state index contributed by atoms with van der Waals surface area (Å²) in [7, 11) is -3.30. The highest BCUT2D eigenvalue weighted by molar-refractivity contribution is 9.09. The molecule has 0 rings (SSSR count). The summed E-state index contributed by atoms with van der Waals surface area (Å²) in [5.41, 5.74) is 0. The molecule has 14 heavy (non-hydrogen) atoms. The van der Waals surface area contributed by atoms with Crippen LogP contribution in [-0.4, -0.2) is 26.6 Å². The molecule has 0 aliphatic heterocycles. The van der Waals surface area contributed by atoms with Crippen molar-refractivity contribution < 1.29 is 12.6 Å². The van der Waals surface area contributed by atoms with Gasteiger partial charge in [-0.1, -0.05) is 27.8 Å². The molecular formula is C9H13BrO3S. The fourth-order valence-electron chi connectivity index (χ4n) is 0.275. The van der Waals surface area contributed by atoms with E-state index < -0.39 is 10.1 Å². The second-order valence-electron chi connectivity index (χ2n) is 1.95. The summed E-state index contributed by atoms with van der Waals surface area (Å²) in [5, 5.41) is 0.795. The fraction of sp³-hybridized carbons (Fsp3) is 0.556. The Morgan fingerprint density at radius 3 is 1.93 bits per heavy atom. The molecule has 0 aliphatic carbocycles. The van der Waals surface area contributed by atoms with Gasteiger partial charge in [-0.25, -0.2) is 0 Å². The molecule has 0 unspecified atom stereocenters. The van der Waals surface area contributed by atoms with E-state index in [1.54, 1.807) is 6.92 Å². The van der Waals surface area contributed by atoms with Crippen LogP contribution in [0, 0.1) is 23.7 Å². The van der Waals surface area contributed by atoms with Crippen molar-refractivity contribution in [2.75, 3.05) is 18.2 Å². The van der Waals surface area contributed by atoms with Crippen molar-refractivity contribution in [3.05, 3.63) is 0 Å². The van der Waals surface area contributed by atoms with Crippen LogP contribution in [0.5, 0.6) is 0 Å². The fourth-order valence-corrected chi connectivity index (χ4v) is 0.829. The minimum Gasteiger partial charge on any atom is -0.257 e. The zero-order chi connectivity index (χ0) is 11.4. The Hall–Kier alpha value is -0.490. The van der Waals surface area contributed by atoms with E-state index in [0.717, 1.165) is 11.6 Å². The summed E-state index contributed by atoms with van der Waals surface area (Å²) >= 11 is 3.14. The summed E-state index contributed by atoms with van der Waals surface area (Å²) in [5.74, 6) is 10.5. The standard InChI is InChI=1S/C5H8O3S.C4H5Br/c1-3-4-5-8-9(2,6)7;1-2-3-4-5/h5H2,1-2H3;4H2,1H3. The van der Waals surface area contributed by atoms with Crippen LogP contribution < -0.4 is 0 Å². The smallest absolute Gasteiger partial charge is 0.257 e. The maximum absolute atomic E-state index is 10.2. The summed E-state index contributed by atoms with van der Waals surface area (Å²) in [6, 6.07) is 0. The van der Waals surface area contributed by atoms with Gasteiger partial charge in [0.15, 0.2) is 0 Å². The summed E-state index contributed by atoms with van der Waals surface area (Å²) < 4.78 is 24.7. The molecule has 0 aliphatic rings. The van der Waals surface area contributed by atoms with E-state index >= 15 is 0 Å². The van der Waals surface area contributed by atoms with Crippen molar-refractivity contribution >= 4 is 26.0 Å². The molecule has 0 saturated carbocycles. The molecule has 0 heterocycles. The van der Waals surface area contributed by atoms with Crippen molar-refractivity contribution in [1.82, 2.24) is 0 Å². The molecule has 3 nitrogen and oxygen atoms in total. The van der Waals surface area contributed by atoms with Crippen molar-refractivity contribution in [2.24, 2.45) is 0 Å². The predicted octanol–water partition coefficient (Wildman–Crippen LogP) is 1.39. The van der Waals surface area contributed by atoms with Crippen LogP contribution in [0.25, 0.3) is 0 Å². The van der Waals surface area contributed by atoms with Crippen LogP contribution in [0.15, 0.2) is 0 Å². The van der Waals surface area contributed by atoms with Gasteiger partial charge >= 0.3 is 0 Å². The van der Waals surface area contributed by atoms with Crippen LogP contribution in [-0.2, 0) is 14.3 Å². The van der Waals surface area contributed by atoms with E-state index in [0.29, 0.717) is 0 Å². The van der Waals surface area contributed by atoms with Gasteiger partial charge in [-0.05, 0) is 13.8 Å². The van der Waals surface area contributed by atoms with Crippen molar-refractivity contribution in [2.45, 2.75) is 13.8 Å². The zero-order valence-corrected chi connectivity index (χ0v) is 10.8. The van der Waals surface area contributed by atoms with E-state index in [1.165, 1.54) is 0 Å². The number of halogens is 1. The molecule has 0 aromatic heterocycles. The third-order valence-corrected chi connectivity index (χ3v) is 1.59. The Labute approximate surface area is 94.5 Å². The average Bonchev–Trinajstić information content (AvgIpc) is 2.05. The molecule has 0 atom stereocenters. The van der Waals surface area contributed by atoms with E-state index in [9.17, 15) is 8.42 Å². The number of hydrogen-bond donors (Lipinski definition) is 0. The van der Waals surface area contributed by atoms with E-state index in [4.69, 9.17) is 0 Å². The Kier molecular flexibility index (Phi) is 12.1. The Bertz CT molecular complexity index is 338. The van der Waals surface area contributed by atoms with Crippen LogP contribution in [0.3, 0.4) is 0 Å². The Morgan fingerprint density at radius 2 is 1.71 bits per heavy atom. The second-order valence-corrected chi connectivity index (χ2v) is 4.16. The average molecular weight is 281 g/mol. The molecule has 0 radical (unpaired) electrons. The molecule has 0 aromatic rings. The van der Waals surface area contributed by atoms with Gasteiger partial charge < -0.3 is 0 Å². The van der Waals surface area contributed by atoms with Gasteiger partial charge in [0, 0.05) is 0 Å². The normalized spacial score (nSPS) is 8.29. The van der Waals surface area contributed by atoms with Crippen LogP contribution in [0.1, 0.15) is 13.8 Å². The van der Waals surface area contributed by atoms with E-state index in [1.807, 2.05) is 6.92 Å². The number of alkyl halides is 1. The third kappa shape index (κ3) is 22.5. The number of rotatable bonds is 2. The van der Waals surface area contributed by atoms with Gasteiger partial charge in [0.25, 0.3) is 10.1 Å². The SMILES string of the molecule is CC#CCBr.CC#CCOS(C)(=O)=O. The van der Waals surface area contributed by atoms with Gasteiger partial charge in [0.1, 0.15) is 6.61 Å². The van der Waals surface area contributed by atoms with Gasteiger partial charge in [0.2, 0.25) is 0 Å². The summed E-state index contributed by atoms with van der Waals surface area (Å²) in [4.78, 5) is 0. The molecule has 80 valence electrons. The molecule has 5 heteroatoms. The molecule has 0 amide bonds. The van der Waals surface area contributed by atoms with Gasteiger partial charge in [0.05, 0.1) is 11.6 Å². The highest BCUT2D eigenvalue weighted by atomic mass is 79.9. The molecule has 0 aromatic carbocycles. The van der Waals surface area contributed by atoms with Crippen LogP contribution >= 0.6 is 15.9 Å². The Balaban J connectivity index is 0. The van der Waals surface area contributed by atoms with Gasteiger partial charge in [-0.3, -0.25) is 4.18 Å². The maximum atomic E-state index is 10.2. The number of hydrogen-bond acceptors (Lipinski definition) is 3. The first-order valence-electron chi connectivity index (χ1n) is 3.67. The second kappa shape index (κ2) is 10.6. The van der Waals surface area contributed by atoms with E-state index in [-0.39, 0.29) is 6.61 Å². The van der Waals surface area contributed by atoms with Crippen molar-refractivity contribution in [3.8, 4) is 23.7 Å². The molecule has 0 bridgehead atoms. The van der Waals surface area contributed by atoms with Gasteiger partial charge in [-0.15, -0.1) is 11.8 Å². The third-order valence-electron chi connectivity index (χ3n) is 0.766. The first-order valence-corrected chi connectivity index (χ1v) is 6.61. The minimum atomic E-state index is -3.30. The highest BCUT2D eigenvalue weighted by Crippen LogP contribution is 1.82. The lowest BCUT2D eigenvalue weighted by Gasteiger charge is -1.90. The predicted molar refractivity (Wildman–Crippen MR) is 61.5 cm³/mol. The van der Waals surface area contributed by atoms with Crippen LogP contribution in [0.4, 0.5) is 0 Å². The topological polar surface area (TPSA) is 43.4 Å². The molecule has 0 N–H and O–H groups in total. The first-order chi connectivity index (χ1) is 6.47. The summed E-state index contributed by atoms with van der Waals surface area (Å²) in [6.45, 7) is 3.39. The lowest BCUT2D eigenvalue weighted by atomic mass is 10.6. The lowest BCUT2D eigenvalue weighted by molar-refractivity contribution is 0.368. The minimum absolute atomic E-state index is 0.0463. The quantitative estimate of drug-likeness (QED) is 0.436. The monoisotopic (exact) mass is 280 g/mol. The summed E-state index contributed by atoms with van der Waals surface area (Å²) in [6.07, 6.45) is 0.990. The molecule has 0 saturated heterocycles. The van der Waals surface area contributed by atoms with Crippen molar-refractivity contribution in [1.29, 1.82) is 0 Å². The first kappa shape index (κ1) is 16.0. The molecular weight excluding hydrogens is 268 g/mol. The highest BCUT2D eigenvalue weighted by Gasteiger charge is 1.96. The van der Waals surface area contributed by atoms with E-state index in [2.05, 4.69) is 43.8 Å². The van der Waals surface area contributed by atoms with Gasteiger partial charge in [-0.2, -0.15) is 8.42 Å². The largest absolute Gasteiger partial charge is 0.265 e. The lowest BCUT2D eigenvalue weighted by Crippen LogP contribution is -2.01. The Morgan fingerprint density at radius 1 is 1.21 bits per heavy atom. The van der Waals surface area contributed by atoms with Crippen molar-refractivity contribution in [3.63, 3.8) is 0 Å². The van der Waals surface area contributed by atoms with Crippen LogP contribution in [0.2, 0.25) is 0 Å². The molecule has 0 fully saturated rings.